The highest BCUT2D eigenvalue weighted by atomic mass is 16.5. The van der Waals surface area contributed by atoms with Crippen LogP contribution < -0.4 is 0 Å². The van der Waals surface area contributed by atoms with Crippen molar-refractivity contribution in [2.45, 2.75) is 32.1 Å². The molecule has 0 aliphatic carbocycles. The van der Waals surface area contributed by atoms with Gasteiger partial charge < -0.3 is 14.9 Å². The van der Waals surface area contributed by atoms with Crippen LogP contribution in [-0.2, 0) is 14.9 Å². The number of phenols is 2. The van der Waals surface area contributed by atoms with Gasteiger partial charge in [-0.3, -0.25) is 4.79 Å². The largest absolute Gasteiger partial charge is 0.508 e. The highest BCUT2D eigenvalue weighted by Gasteiger charge is 2.30. The summed E-state index contributed by atoms with van der Waals surface area (Å²) in [6.07, 6.45) is 0.750. The van der Waals surface area contributed by atoms with Crippen LogP contribution in [0.1, 0.15) is 37.8 Å². The minimum absolute atomic E-state index is 0.188. The molecule has 0 saturated heterocycles. The summed E-state index contributed by atoms with van der Waals surface area (Å²) >= 11 is 0. The second-order valence-electron chi connectivity index (χ2n) is 6.10. The van der Waals surface area contributed by atoms with Gasteiger partial charge in [-0.05, 0) is 48.7 Å². The number of rotatable bonds is 6. The van der Waals surface area contributed by atoms with Crippen molar-refractivity contribution in [1.82, 2.24) is 0 Å². The molecule has 2 rings (SSSR count). The van der Waals surface area contributed by atoms with E-state index in [9.17, 15) is 15.0 Å². The quantitative estimate of drug-likeness (QED) is 0.615. The van der Waals surface area contributed by atoms with Crippen molar-refractivity contribution in [1.29, 1.82) is 0 Å². The van der Waals surface area contributed by atoms with E-state index in [1.165, 1.54) is 0 Å². The molecule has 0 amide bonds. The maximum Gasteiger partial charge on any atom is 0.310 e. The van der Waals surface area contributed by atoms with Gasteiger partial charge in [0, 0.05) is 11.8 Å². The van der Waals surface area contributed by atoms with Crippen LogP contribution in [0.25, 0.3) is 0 Å². The molecular weight excluding hydrogens is 304 g/mol. The van der Waals surface area contributed by atoms with Crippen LogP contribution in [-0.4, -0.2) is 16.2 Å². The normalized spacial score (nSPS) is 11.1. The van der Waals surface area contributed by atoms with Crippen LogP contribution in [0.4, 0.5) is 0 Å². The number of phenolic OH excluding ortho intramolecular Hbond substituents is 2. The Morgan fingerprint density at radius 1 is 1.00 bits per heavy atom. The van der Waals surface area contributed by atoms with Gasteiger partial charge in [0.2, 0.25) is 0 Å². The maximum atomic E-state index is 11.9. The molecule has 2 N–H and O–H groups in total. The van der Waals surface area contributed by atoms with Crippen molar-refractivity contribution in [3.8, 4) is 11.5 Å². The number of allylic oxidation sites excluding steroid dienone is 1. The van der Waals surface area contributed by atoms with E-state index in [2.05, 4.69) is 6.58 Å². The zero-order valence-electron chi connectivity index (χ0n) is 14.0. The molecule has 0 aliphatic heterocycles. The van der Waals surface area contributed by atoms with E-state index in [0.717, 1.165) is 11.1 Å². The second-order valence-corrected chi connectivity index (χ2v) is 6.10. The van der Waals surface area contributed by atoms with E-state index in [-0.39, 0.29) is 23.9 Å². The summed E-state index contributed by atoms with van der Waals surface area (Å²) in [5, 5.41) is 19.1. The number of hydrogen-bond acceptors (Lipinski definition) is 4. The molecule has 0 aromatic heterocycles. The molecule has 0 fully saturated rings. The Kier molecular flexibility index (Phi) is 5.29. The van der Waals surface area contributed by atoms with E-state index < -0.39 is 5.41 Å². The monoisotopic (exact) mass is 326 g/mol. The van der Waals surface area contributed by atoms with Crippen molar-refractivity contribution < 1.29 is 19.7 Å². The lowest BCUT2D eigenvalue weighted by Crippen LogP contribution is -2.25. The molecule has 2 aromatic rings. The van der Waals surface area contributed by atoms with Gasteiger partial charge in [0.05, 0.1) is 5.76 Å². The zero-order chi connectivity index (χ0) is 17.7. The van der Waals surface area contributed by atoms with E-state index in [1.807, 2.05) is 31.2 Å². The summed E-state index contributed by atoms with van der Waals surface area (Å²) in [6, 6.07) is 13.9. The van der Waals surface area contributed by atoms with E-state index in [1.54, 1.807) is 31.2 Å². The fraction of sp³-hybridized carbons (Fsp3) is 0.250. The summed E-state index contributed by atoms with van der Waals surface area (Å²) in [5.74, 6) is 0.421. The third-order valence-electron chi connectivity index (χ3n) is 4.13. The molecular formula is C20H22O4. The molecule has 0 bridgehead atoms. The number of esters is 1. The third kappa shape index (κ3) is 4.16. The molecule has 24 heavy (non-hydrogen) atoms. The SMILES string of the molecule is C=C(C)OC(=O)CCC(C)(c1ccc(O)cc1)c1ccc(O)cc1. The van der Waals surface area contributed by atoms with Gasteiger partial charge in [0.15, 0.2) is 0 Å². The predicted octanol–water partition coefficient (Wildman–Crippen LogP) is 4.26. The second kappa shape index (κ2) is 7.21. The maximum absolute atomic E-state index is 11.9. The highest BCUT2D eigenvalue weighted by Crippen LogP contribution is 2.37. The van der Waals surface area contributed by atoms with Crippen molar-refractivity contribution in [2.75, 3.05) is 0 Å². The lowest BCUT2D eigenvalue weighted by molar-refractivity contribution is -0.139. The highest BCUT2D eigenvalue weighted by molar-refractivity contribution is 5.70. The van der Waals surface area contributed by atoms with Crippen LogP contribution in [0.15, 0.2) is 60.9 Å². The first-order chi connectivity index (χ1) is 11.3. The molecule has 4 nitrogen and oxygen atoms in total. The number of hydrogen-bond donors (Lipinski definition) is 2. The standard InChI is InChI=1S/C20H22O4/c1-14(2)24-19(23)12-13-20(3,15-4-8-17(21)9-5-15)16-6-10-18(22)11-7-16/h4-11,21-22H,1,12-13H2,2-3H3. The third-order valence-corrected chi connectivity index (χ3v) is 4.13. The van der Waals surface area contributed by atoms with Gasteiger partial charge in [-0.25, -0.2) is 0 Å². The number of carbonyl (C=O) groups is 1. The van der Waals surface area contributed by atoms with Gasteiger partial charge >= 0.3 is 5.97 Å². The number of aromatic hydroxyl groups is 2. The number of ether oxygens (including phenoxy) is 1. The lowest BCUT2D eigenvalue weighted by atomic mass is 9.73. The van der Waals surface area contributed by atoms with Gasteiger partial charge in [-0.15, -0.1) is 0 Å². The lowest BCUT2D eigenvalue weighted by Gasteiger charge is -2.31. The number of benzene rings is 2. The summed E-state index contributed by atoms with van der Waals surface area (Å²) in [5.41, 5.74) is 1.47. The van der Waals surface area contributed by atoms with Gasteiger partial charge in [-0.1, -0.05) is 37.8 Å². The molecule has 0 saturated carbocycles. The Balaban J connectivity index is 2.33. The van der Waals surface area contributed by atoms with Crippen LogP contribution in [0.2, 0.25) is 0 Å². The molecule has 0 heterocycles. The molecule has 2 aromatic carbocycles. The predicted molar refractivity (Wildman–Crippen MR) is 92.8 cm³/mol. The first-order valence-corrected chi connectivity index (χ1v) is 7.76. The molecule has 0 spiro atoms. The average molecular weight is 326 g/mol. The smallest absolute Gasteiger partial charge is 0.310 e. The fourth-order valence-corrected chi connectivity index (χ4v) is 2.71. The van der Waals surface area contributed by atoms with Crippen molar-refractivity contribution in [2.24, 2.45) is 0 Å². The Bertz CT molecular complexity index is 669. The Morgan fingerprint density at radius 3 is 1.79 bits per heavy atom. The summed E-state index contributed by atoms with van der Waals surface area (Å²) in [7, 11) is 0. The zero-order valence-corrected chi connectivity index (χ0v) is 14.0. The number of carbonyl (C=O) groups excluding carboxylic acids is 1. The fourth-order valence-electron chi connectivity index (χ4n) is 2.71. The van der Waals surface area contributed by atoms with Gasteiger partial charge in [0.25, 0.3) is 0 Å². The molecule has 0 atom stereocenters. The van der Waals surface area contributed by atoms with Crippen molar-refractivity contribution in [3.05, 3.63) is 72.0 Å². The Morgan fingerprint density at radius 2 is 1.42 bits per heavy atom. The summed E-state index contributed by atoms with van der Waals surface area (Å²) in [4.78, 5) is 11.9. The van der Waals surface area contributed by atoms with Crippen LogP contribution in [0, 0.1) is 0 Å². The van der Waals surface area contributed by atoms with Gasteiger partial charge in [0.1, 0.15) is 11.5 Å². The first-order valence-electron chi connectivity index (χ1n) is 7.76. The summed E-state index contributed by atoms with van der Waals surface area (Å²) in [6.45, 7) is 7.24. The summed E-state index contributed by atoms with van der Waals surface area (Å²) < 4.78 is 5.04. The first kappa shape index (κ1) is 17.6. The average Bonchev–Trinajstić information content (AvgIpc) is 2.53. The molecule has 0 aliphatic rings. The van der Waals surface area contributed by atoms with E-state index in [4.69, 9.17) is 4.74 Å². The molecule has 126 valence electrons. The van der Waals surface area contributed by atoms with Crippen LogP contribution >= 0.6 is 0 Å². The Labute approximate surface area is 142 Å². The van der Waals surface area contributed by atoms with Crippen LogP contribution in [0.3, 0.4) is 0 Å². The molecule has 0 radical (unpaired) electrons. The van der Waals surface area contributed by atoms with Crippen LogP contribution in [0.5, 0.6) is 11.5 Å². The minimum atomic E-state index is -0.463. The van der Waals surface area contributed by atoms with Gasteiger partial charge in [-0.2, -0.15) is 0 Å². The topological polar surface area (TPSA) is 66.8 Å². The van der Waals surface area contributed by atoms with Crippen molar-refractivity contribution >= 4 is 5.97 Å². The minimum Gasteiger partial charge on any atom is -0.508 e. The van der Waals surface area contributed by atoms with E-state index in [0.29, 0.717) is 12.2 Å². The molecule has 0 unspecified atom stereocenters. The van der Waals surface area contributed by atoms with Crippen molar-refractivity contribution in [3.63, 3.8) is 0 Å². The molecule has 4 heteroatoms. The Hall–Kier alpha value is -2.75. The van der Waals surface area contributed by atoms with E-state index >= 15 is 0 Å².